The number of aromatic nitrogens is 2. The van der Waals surface area contributed by atoms with Gasteiger partial charge in [-0.1, -0.05) is 65.8 Å². The first-order valence-corrected chi connectivity index (χ1v) is 12.6. The SMILES string of the molecule is COc1cc(CCl)ccc1Cc1c(C)nc(N)nc1-c1c(C(C)C)cc(C(C)C)cc1C(C)C. The zero-order chi connectivity index (χ0) is 25.2. The number of anilines is 1. The third-order valence-electron chi connectivity index (χ3n) is 6.47. The molecule has 34 heavy (non-hydrogen) atoms. The van der Waals surface area contributed by atoms with Crippen molar-refractivity contribution >= 4 is 17.5 Å². The van der Waals surface area contributed by atoms with Crippen LogP contribution in [-0.2, 0) is 12.3 Å². The fourth-order valence-electron chi connectivity index (χ4n) is 4.47. The average molecular weight is 480 g/mol. The Balaban J connectivity index is 2.32. The molecule has 0 fully saturated rings. The molecular formula is C29H38ClN3O. The molecule has 1 heterocycles. The molecular weight excluding hydrogens is 442 g/mol. The van der Waals surface area contributed by atoms with E-state index in [9.17, 15) is 0 Å². The van der Waals surface area contributed by atoms with Crippen molar-refractivity contribution in [2.24, 2.45) is 0 Å². The number of aryl methyl sites for hydroxylation is 1. The molecule has 0 aliphatic carbocycles. The second-order valence-corrected chi connectivity index (χ2v) is 10.3. The molecule has 182 valence electrons. The van der Waals surface area contributed by atoms with Crippen molar-refractivity contribution in [2.45, 2.75) is 78.5 Å². The lowest BCUT2D eigenvalue weighted by Crippen LogP contribution is -2.10. The predicted molar refractivity (Wildman–Crippen MR) is 144 cm³/mol. The third-order valence-corrected chi connectivity index (χ3v) is 6.78. The molecule has 5 heteroatoms. The van der Waals surface area contributed by atoms with Gasteiger partial charge in [-0.2, -0.15) is 0 Å². The topological polar surface area (TPSA) is 61.0 Å². The minimum Gasteiger partial charge on any atom is -0.496 e. The Morgan fingerprint density at radius 2 is 1.53 bits per heavy atom. The van der Waals surface area contributed by atoms with Crippen molar-refractivity contribution in [3.63, 3.8) is 0 Å². The van der Waals surface area contributed by atoms with Crippen LogP contribution in [0.15, 0.2) is 30.3 Å². The number of nitrogens with two attached hydrogens (primary N) is 1. The summed E-state index contributed by atoms with van der Waals surface area (Å²) in [5.74, 6) is 2.71. The lowest BCUT2D eigenvalue weighted by atomic mass is 9.81. The summed E-state index contributed by atoms with van der Waals surface area (Å²) in [5, 5.41) is 0. The predicted octanol–water partition coefficient (Wildman–Crippen LogP) is 7.74. The van der Waals surface area contributed by atoms with Crippen LogP contribution in [0.2, 0.25) is 0 Å². The summed E-state index contributed by atoms with van der Waals surface area (Å²) >= 11 is 6.06. The average Bonchev–Trinajstić information content (AvgIpc) is 2.79. The van der Waals surface area contributed by atoms with Crippen molar-refractivity contribution in [1.29, 1.82) is 0 Å². The molecule has 2 aromatic carbocycles. The Kier molecular flexibility index (Phi) is 8.25. The van der Waals surface area contributed by atoms with Crippen molar-refractivity contribution < 1.29 is 4.74 Å². The molecule has 0 saturated heterocycles. The standard InChI is InChI=1S/C29H38ClN3O/c1-16(2)22-13-23(17(3)4)27(24(14-22)18(5)6)28-25(19(7)32-29(31)33-28)12-21-10-9-20(15-30)11-26(21)34-8/h9-11,13-14,16-18H,12,15H2,1-8H3,(H2,31,32,33). The van der Waals surface area contributed by atoms with Gasteiger partial charge in [0.1, 0.15) is 5.75 Å². The summed E-state index contributed by atoms with van der Waals surface area (Å²) in [4.78, 5) is 9.40. The van der Waals surface area contributed by atoms with Crippen molar-refractivity contribution in [3.05, 3.63) is 69.4 Å². The second kappa shape index (κ2) is 10.8. The molecule has 0 unspecified atom stereocenters. The summed E-state index contributed by atoms with van der Waals surface area (Å²) in [5.41, 5.74) is 16.4. The highest BCUT2D eigenvalue weighted by atomic mass is 35.5. The number of hydrogen-bond donors (Lipinski definition) is 1. The zero-order valence-electron chi connectivity index (χ0n) is 21.8. The molecule has 4 nitrogen and oxygen atoms in total. The van der Waals surface area contributed by atoms with E-state index in [1.54, 1.807) is 7.11 Å². The molecule has 0 amide bonds. The van der Waals surface area contributed by atoms with Gasteiger partial charge in [0.2, 0.25) is 5.95 Å². The molecule has 1 aromatic heterocycles. The van der Waals surface area contributed by atoms with Gasteiger partial charge in [-0.25, -0.2) is 9.97 Å². The molecule has 0 aliphatic rings. The van der Waals surface area contributed by atoms with Gasteiger partial charge in [-0.15, -0.1) is 11.6 Å². The number of alkyl halides is 1. The maximum Gasteiger partial charge on any atom is 0.220 e. The number of ether oxygens (including phenoxy) is 1. The summed E-state index contributed by atoms with van der Waals surface area (Å²) in [7, 11) is 1.70. The number of methoxy groups -OCH3 is 1. The molecule has 2 N–H and O–H groups in total. The minimum absolute atomic E-state index is 0.304. The maximum absolute atomic E-state index is 6.22. The summed E-state index contributed by atoms with van der Waals surface area (Å²) in [6.45, 7) is 15.5. The van der Waals surface area contributed by atoms with Crippen molar-refractivity contribution in [3.8, 4) is 17.0 Å². The van der Waals surface area contributed by atoms with Gasteiger partial charge in [0.15, 0.2) is 0 Å². The smallest absolute Gasteiger partial charge is 0.220 e. The van der Waals surface area contributed by atoms with Crippen molar-refractivity contribution in [1.82, 2.24) is 9.97 Å². The number of rotatable bonds is 8. The molecule has 0 bridgehead atoms. The minimum atomic E-state index is 0.304. The number of hydrogen-bond acceptors (Lipinski definition) is 4. The van der Waals surface area contributed by atoms with Gasteiger partial charge in [-0.3, -0.25) is 0 Å². The first kappa shape index (κ1) is 26.0. The van der Waals surface area contributed by atoms with Gasteiger partial charge in [0, 0.05) is 29.1 Å². The highest BCUT2D eigenvalue weighted by molar-refractivity contribution is 6.17. The van der Waals surface area contributed by atoms with Gasteiger partial charge >= 0.3 is 0 Å². The molecule has 3 aromatic rings. The first-order valence-electron chi connectivity index (χ1n) is 12.1. The highest BCUT2D eigenvalue weighted by Crippen LogP contribution is 2.41. The molecule has 0 atom stereocenters. The van der Waals surface area contributed by atoms with E-state index < -0.39 is 0 Å². The van der Waals surface area contributed by atoms with Crippen LogP contribution in [0, 0.1) is 6.92 Å². The van der Waals surface area contributed by atoms with E-state index in [-0.39, 0.29) is 0 Å². The Morgan fingerprint density at radius 3 is 2.03 bits per heavy atom. The molecule has 0 radical (unpaired) electrons. The van der Waals surface area contributed by atoms with E-state index in [1.807, 2.05) is 13.0 Å². The zero-order valence-corrected chi connectivity index (χ0v) is 22.5. The van der Waals surface area contributed by atoms with Crippen LogP contribution in [0.4, 0.5) is 5.95 Å². The fraction of sp³-hybridized carbons (Fsp3) is 0.448. The van der Waals surface area contributed by atoms with E-state index in [4.69, 9.17) is 27.1 Å². The molecule has 0 aliphatic heterocycles. The van der Waals surface area contributed by atoms with E-state index in [1.165, 1.54) is 22.3 Å². The van der Waals surface area contributed by atoms with Crippen LogP contribution in [0.3, 0.4) is 0 Å². The van der Waals surface area contributed by atoms with E-state index in [0.29, 0.717) is 36.0 Å². The lowest BCUT2D eigenvalue weighted by Gasteiger charge is -2.25. The lowest BCUT2D eigenvalue weighted by molar-refractivity contribution is 0.410. The Morgan fingerprint density at radius 1 is 0.912 bits per heavy atom. The highest BCUT2D eigenvalue weighted by Gasteiger charge is 2.24. The summed E-state index contributed by atoms with van der Waals surface area (Å²) < 4.78 is 5.71. The summed E-state index contributed by atoms with van der Waals surface area (Å²) in [6, 6.07) is 10.8. The van der Waals surface area contributed by atoms with Crippen LogP contribution in [-0.4, -0.2) is 17.1 Å². The van der Waals surface area contributed by atoms with Gasteiger partial charge < -0.3 is 10.5 Å². The Bertz CT molecular complexity index is 1140. The van der Waals surface area contributed by atoms with E-state index in [0.717, 1.165) is 33.8 Å². The fourth-order valence-corrected chi connectivity index (χ4v) is 4.64. The van der Waals surface area contributed by atoms with Crippen LogP contribution in [0.25, 0.3) is 11.3 Å². The van der Waals surface area contributed by atoms with Crippen molar-refractivity contribution in [2.75, 3.05) is 12.8 Å². The van der Waals surface area contributed by atoms with Gasteiger partial charge in [-0.05, 0) is 58.6 Å². The Hall–Kier alpha value is -2.59. The van der Waals surface area contributed by atoms with Gasteiger partial charge in [0.05, 0.1) is 12.8 Å². The first-order chi connectivity index (χ1) is 16.1. The number of nitrogen functional groups attached to an aromatic ring is 1. The number of benzene rings is 2. The molecule has 0 spiro atoms. The number of halogens is 1. The normalized spacial score (nSPS) is 11.6. The van der Waals surface area contributed by atoms with Crippen LogP contribution in [0.1, 0.15) is 98.4 Å². The summed E-state index contributed by atoms with van der Waals surface area (Å²) in [6.07, 6.45) is 0.647. The quantitative estimate of drug-likeness (QED) is 0.335. The number of nitrogens with zero attached hydrogens (tertiary/aromatic N) is 2. The van der Waals surface area contributed by atoms with E-state index in [2.05, 4.69) is 70.8 Å². The largest absolute Gasteiger partial charge is 0.496 e. The Labute approximate surface area is 209 Å². The van der Waals surface area contributed by atoms with Crippen LogP contribution < -0.4 is 10.5 Å². The maximum atomic E-state index is 6.22. The second-order valence-electron chi connectivity index (χ2n) is 9.99. The van der Waals surface area contributed by atoms with Crippen LogP contribution in [0.5, 0.6) is 5.75 Å². The van der Waals surface area contributed by atoms with Crippen LogP contribution >= 0.6 is 11.6 Å². The third kappa shape index (κ3) is 5.38. The molecule has 0 saturated carbocycles. The van der Waals surface area contributed by atoms with Gasteiger partial charge in [0.25, 0.3) is 0 Å². The molecule has 3 rings (SSSR count). The monoisotopic (exact) mass is 479 g/mol. The van der Waals surface area contributed by atoms with E-state index >= 15 is 0 Å².